The smallest absolute Gasteiger partial charge is 0.142 e. The van der Waals surface area contributed by atoms with Crippen molar-refractivity contribution in [1.82, 2.24) is 0 Å². The first-order chi connectivity index (χ1) is 7.90. The van der Waals surface area contributed by atoms with Gasteiger partial charge < -0.3 is 0 Å². The minimum atomic E-state index is -10.7. The Morgan fingerprint density at radius 3 is 1.94 bits per heavy atom. The average molecular weight is 330 g/mol. The largest absolute Gasteiger partial charge is 0.144 e. The minimum absolute atomic E-state index is 0.754. The normalized spacial score (nSPS) is 20.8. The van der Waals surface area contributed by atoms with E-state index >= 15 is 0 Å². The van der Waals surface area contributed by atoms with Crippen molar-refractivity contribution in [2.24, 2.45) is 0 Å². The van der Waals surface area contributed by atoms with Crippen LogP contribution < -0.4 is 0 Å². The zero-order valence-electron chi connectivity index (χ0n) is 9.30. The number of hydrogen-bond acceptors (Lipinski definition) is 1. The van der Waals surface area contributed by atoms with Crippen molar-refractivity contribution >= 4 is 30.0 Å². The summed E-state index contributed by atoms with van der Waals surface area (Å²) in [5, 5.41) is 2.19. The number of halogens is 6. The van der Waals surface area contributed by atoms with E-state index in [1.165, 1.54) is 30.1 Å². The van der Waals surface area contributed by atoms with Crippen LogP contribution in [-0.2, 0) is 16.6 Å². The molecular weight excluding hydrogens is 317 g/mol. The average Bonchev–Trinajstić information content (AvgIpc) is 2.71. The first-order valence-corrected chi connectivity index (χ1v) is 9.77. The molecule has 0 bridgehead atoms. The molecule has 0 saturated carbocycles. The third kappa shape index (κ3) is 11.2. The van der Waals surface area contributed by atoms with Crippen molar-refractivity contribution in [3.8, 4) is 0 Å². The molecule has 1 saturated heterocycles. The summed E-state index contributed by atoms with van der Waals surface area (Å²) in [7, 11) is -9.90. The van der Waals surface area contributed by atoms with E-state index in [1.807, 2.05) is 11.3 Å². The molecule has 0 nitrogen and oxygen atoms in total. The Morgan fingerprint density at radius 2 is 1.56 bits per heavy atom. The van der Waals surface area contributed by atoms with Crippen molar-refractivity contribution in [3.05, 3.63) is 22.4 Å². The van der Waals surface area contributed by atoms with Crippen LogP contribution in [0.2, 0.25) is 0 Å². The number of hydrogen-bond donors (Lipinski definition) is 0. The molecule has 0 radical (unpaired) electrons. The summed E-state index contributed by atoms with van der Waals surface area (Å²) in [4.78, 5) is 1.59. The van der Waals surface area contributed by atoms with Crippen LogP contribution in [0.5, 0.6) is 0 Å². The van der Waals surface area contributed by atoms with Crippen LogP contribution in [0.25, 0.3) is 0 Å². The van der Waals surface area contributed by atoms with E-state index in [9.17, 15) is 25.2 Å². The van der Waals surface area contributed by atoms with E-state index in [0.29, 0.717) is 0 Å². The molecule has 18 heavy (non-hydrogen) atoms. The molecule has 0 aliphatic carbocycles. The fraction of sp³-hybridized carbons (Fsp3) is 0.556. The van der Waals surface area contributed by atoms with Crippen LogP contribution in [0.15, 0.2) is 17.5 Å². The first kappa shape index (κ1) is 16.1. The molecular formula is C9H13F6PS2. The molecule has 1 aliphatic heterocycles. The number of thiophene rings is 1. The maximum atomic E-state index is 9.87. The Labute approximate surface area is 108 Å². The third-order valence-corrected chi connectivity index (χ3v) is 5.55. The molecule has 0 atom stereocenters. The molecule has 1 aromatic rings. The molecule has 1 fully saturated rings. The maximum absolute atomic E-state index is 10.7. The molecule has 0 N–H and O–H groups in total. The minimum Gasteiger partial charge on any atom is -0.144 e. The van der Waals surface area contributed by atoms with Crippen LogP contribution in [0.3, 0.4) is 0 Å². The van der Waals surface area contributed by atoms with E-state index in [1.54, 1.807) is 4.88 Å². The molecule has 1 aromatic heterocycles. The van der Waals surface area contributed by atoms with E-state index in [2.05, 4.69) is 17.5 Å². The van der Waals surface area contributed by atoms with Gasteiger partial charge in [-0.1, -0.05) is 6.07 Å². The first-order valence-electron chi connectivity index (χ1n) is 5.13. The summed E-state index contributed by atoms with van der Waals surface area (Å²) >= 11 is 1.92. The number of rotatable bonds is 2. The van der Waals surface area contributed by atoms with Gasteiger partial charge in [-0.05, 0) is 35.2 Å². The molecule has 0 spiro atoms. The van der Waals surface area contributed by atoms with Gasteiger partial charge in [0.2, 0.25) is 0 Å². The molecule has 2 heterocycles. The molecule has 0 amide bonds. The molecule has 0 unspecified atom stereocenters. The summed E-state index contributed by atoms with van der Waals surface area (Å²) in [6.45, 7) is 0. The van der Waals surface area contributed by atoms with Gasteiger partial charge >= 0.3 is 33.0 Å². The SMILES string of the molecule is F[P-](F)(F)(F)(F)F.c1csc(C[S+]2CCCC2)c1. The van der Waals surface area contributed by atoms with Gasteiger partial charge in [-0.2, -0.15) is 0 Å². The Bertz CT molecular complexity index is 353. The van der Waals surface area contributed by atoms with Crippen molar-refractivity contribution in [1.29, 1.82) is 0 Å². The predicted molar refractivity (Wildman–Crippen MR) is 67.9 cm³/mol. The van der Waals surface area contributed by atoms with Gasteiger partial charge in [0, 0.05) is 0 Å². The van der Waals surface area contributed by atoms with Crippen LogP contribution in [0.4, 0.5) is 25.2 Å². The van der Waals surface area contributed by atoms with Crippen LogP contribution in [0.1, 0.15) is 17.7 Å². The van der Waals surface area contributed by atoms with E-state index < -0.39 is 7.81 Å². The van der Waals surface area contributed by atoms with Gasteiger partial charge in [0.1, 0.15) is 17.3 Å². The fourth-order valence-electron chi connectivity index (χ4n) is 1.45. The summed E-state index contributed by atoms with van der Waals surface area (Å²) in [6, 6.07) is 4.44. The summed E-state index contributed by atoms with van der Waals surface area (Å²) in [5.74, 6) is 4.37. The van der Waals surface area contributed by atoms with Gasteiger partial charge in [0.05, 0.1) is 4.88 Å². The van der Waals surface area contributed by atoms with Gasteiger partial charge in [-0.15, -0.1) is 11.3 Å². The zero-order chi connectivity index (χ0) is 13.9. The van der Waals surface area contributed by atoms with E-state index in [4.69, 9.17) is 0 Å². The monoisotopic (exact) mass is 330 g/mol. The van der Waals surface area contributed by atoms with Gasteiger partial charge in [0.25, 0.3) is 0 Å². The van der Waals surface area contributed by atoms with Gasteiger partial charge in [0.15, 0.2) is 0 Å². The zero-order valence-corrected chi connectivity index (χ0v) is 11.8. The van der Waals surface area contributed by atoms with E-state index in [-0.39, 0.29) is 0 Å². The molecule has 1 aliphatic rings. The maximum Gasteiger partial charge on any atom is 0.142 e. The summed E-state index contributed by atoms with van der Waals surface area (Å²) < 4.78 is 59.2. The Kier molecular flexibility index (Phi) is 4.36. The fourth-order valence-corrected chi connectivity index (χ4v) is 4.93. The molecule has 9 heteroatoms. The van der Waals surface area contributed by atoms with Crippen molar-refractivity contribution < 1.29 is 25.2 Å². The molecule has 108 valence electrons. The van der Waals surface area contributed by atoms with Crippen LogP contribution >= 0.6 is 19.1 Å². The second kappa shape index (κ2) is 4.87. The van der Waals surface area contributed by atoms with Crippen LogP contribution in [0, 0.1) is 0 Å². The van der Waals surface area contributed by atoms with E-state index in [0.717, 1.165) is 10.9 Å². The summed E-state index contributed by atoms with van der Waals surface area (Å²) in [6.07, 6.45) is 2.96. The van der Waals surface area contributed by atoms with Crippen LogP contribution in [-0.4, -0.2) is 11.5 Å². The Hall–Kier alpha value is 0.0600. The van der Waals surface area contributed by atoms with Crippen molar-refractivity contribution in [2.75, 3.05) is 11.5 Å². The van der Waals surface area contributed by atoms with Gasteiger partial charge in [-0.3, -0.25) is 0 Å². The van der Waals surface area contributed by atoms with Crippen molar-refractivity contribution in [3.63, 3.8) is 0 Å². The molecule has 2 rings (SSSR count). The predicted octanol–water partition coefficient (Wildman–Crippen LogP) is 6.04. The van der Waals surface area contributed by atoms with Gasteiger partial charge in [-0.25, -0.2) is 0 Å². The second-order valence-electron chi connectivity index (χ2n) is 3.91. The van der Waals surface area contributed by atoms with Crippen molar-refractivity contribution in [2.45, 2.75) is 18.6 Å². The third-order valence-electron chi connectivity index (χ3n) is 2.04. The second-order valence-corrected chi connectivity index (χ2v) is 9.19. The Morgan fingerprint density at radius 1 is 1.06 bits per heavy atom. The standard InChI is InChI=1S/C9H13S2.F6P/c1-2-7-11(6-1)8-9-4-3-5-10-9;1-7(2,3,4,5)6/h3-5H,1-2,6-8H2;/q+1;-1. The molecule has 0 aromatic carbocycles. The Balaban J connectivity index is 0.000000203. The summed E-state index contributed by atoms with van der Waals surface area (Å²) in [5.41, 5.74) is 0. The quantitative estimate of drug-likeness (QED) is 0.352. The topological polar surface area (TPSA) is 0 Å².